The molecule has 2 aromatic carbocycles. The molecule has 186 valence electrons. The maximum atomic E-state index is 13.4. The summed E-state index contributed by atoms with van der Waals surface area (Å²) in [4.78, 5) is 27.0. The van der Waals surface area contributed by atoms with E-state index in [4.69, 9.17) is 11.6 Å². The van der Waals surface area contributed by atoms with Crippen LogP contribution in [0.4, 0.5) is 18.9 Å². The van der Waals surface area contributed by atoms with Crippen molar-refractivity contribution in [3.63, 3.8) is 0 Å². The number of benzene rings is 2. The number of anilines is 1. The normalized spacial score (nSPS) is 12.7. The van der Waals surface area contributed by atoms with E-state index in [2.05, 4.69) is 5.32 Å². The summed E-state index contributed by atoms with van der Waals surface area (Å²) in [5.74, 6) is -1.24. The molecule has 0 unspecified atom stereocenters. The van der Waals surface area contributed by atoms with Crippen LogP contribution >= 0.6 is 11.6 Å². The fourth-order valence-electron chi connectivity index (χ4n) is 3.34. The van der Waals surface area contributed by atoms with Gasteiger partial charge in [0.15, 0.2) is 0 Å². The first kappa shape index (κ1) is 27.5. The Bertz CT molecular complexity index is 1130. The quantitative estimate of drug-likeness (QED) is 0.547. The number of nitrogens with zero attached hydrogens (tertiary/aromatic N) is 2. The SMILES string of the molecule is CC[C@H](C(=O)NC)N(Cc1ccccc1)C(=O)CN(c1cc(C(F)(F)F)ccc1Cl)S(C)(=O)=O. The number of alkyl halides is 3. The zero-order valence-electron chi connectivity index (χ0n) is 18.8. The number of rotatable bonds is 9. The van der Waals surface area contributed by atoms with Gasteiger partial charge in [-0.25, -0.2) is 8.42 Å². The lowest BCUT2D eigenvalue weighted by atomic mass is 10.1. The number of amides is 2. The van der Waals surface area contributed by atoms with E-state index in [9.17, 15) is 31.2 Å². The number of carbonyl (C=O) groups excluding carboxylic acids is 2. The van der Waals surface area contributed by atoms with Crippen LogP contribution in [0.5, 0.6) is 0 Å². The van der Waals surface area contributed by atoms with Crippen molar-refractivity contribution in [1.82, 2.24) is 10.2 Å². The Kier molecular flexibility index (Phi) is 8.96. The highest BCUT2D eigenvalue weighted by Gasteiger charge is 2.35. The number of carbonyl (C=O) groups is 2. The van der Waals surface area contributed by atoms with Gasteiger partial charge in [0.2, 0.25) is 21.8 Å². The number of sulfonamides is 1. The minimum absolute atomic E-state index is 0.0144. The molecular weight excluding hydrogens is 495 g/mol. The molecule has 0 spiro atoms. The molecule has 7 nitrogen and oxygen atoms in total. The first-order valence-corrected chi connectivity index (χ1v) is 12.4. The monoisotopic (exact) mass is 519 g/mol. The van der Waals surface area contributed by atoms with Crippen LogP contribution in [0.15, 0.2) is 48.5 Å². The third-order valence-electron chi connectivity index (χ3n) is 5.05. The van der Waals surface area contributed by atoms with Gasteiger partial charge >= 0.3 is 6.18 Å². The van der Waals surface area contributed by atoms with Gasteiger partial charge in [-0.15, -0.1) is 0 Å². The molecule has 0 bridgehead atoms. The topological polar surface area (TPSA) is 86.8 Å². The lowest BCUT2D eigenvalue weighted by Gasteiger charge is -2.32. The molecule has 0 fully saturated rings. The van der Waals surface area contributed by atoms with Crippen molar-refractivity contribution >= 4 is 39.1 Å². The molecule has 2 amide bonds. The van der Waals surface area contributed by atoms with Crippen LogP contribution < -0.4 is 9.62 Å². The summed E-state index contributed by atoms with van der Waals surface area (Å²) in [5.41, 5.74) is -0.924. The van der Waals surface area contributed by atoms with Crippen molar-refractivity contribution < 1.29 is 31.2 Å². The van der Waals surface area contributed by atoms with Gasteiger partial charge in [-0.1, -0.05) is 48.9 Å². The van der Waals surface area contributed by atoms with Crippen LogP contribution in [0, 0.1) is 0 Å². The summed E-state index contributed by atoms with van der Waals surface area (Å²) in [7, 11) is -2.82. The lowest BCUT2D eigenvalue weighted by molar-refractivity contribution is -0.140. The van der Waals surface area contributed by atoms with Crippen LogP contribution in [0.3, 0.4) is 0 Å². The lowest BCUT2D eigenvalue weighted by Crippen LogP contribution is -2.51. The zero-order chi connectivity index (χ0) is 25.7. The second-order valence-corrected chi connectivity index (χ2v) is 9.79. The summed E-state index contributed by atoms with van der Waals surface area (Å²) in [6.45, 7) is 0.822. The third-order valence-corrected chi connectivity index (χ3v) is 6.50. The van der Waals surface area contributed by atoms with Crippen molar-refractivity contribution in [2.24, 2.45) is 0 Å². The minimum atomic E-state index is -4.75. The summed E-state index contributed by atoms with van der Waals surface area (Å²) < 4.78 is 65.3. The van der Waals surface area contributed by atoms with Crippen molar-refractivity contribution in [1.29, 1.82) is 0 Å². The van der Waals surface area contributed by atoms with Gasteiger partial charge in [0.1, 0.15) is 12.6 Å². The van der Waals surface area contributed by atoms with Gasteiger partial charge in [0.05, 0.1) is 22.5 Å². The molecular formula is C22H25ClF3N3O4S. The van der Waals surface area contributed by atoms with Gasteiger partial charge in [-0.05, 0) is 30.2 Å². The number of hydrogen-bond donors (Lipinski definition) is 1. The van der Waals surface area contributed by atoms with Crippen molar-refractivity contribution in [2.45, 2.75) is 32.1 Å². The van der Waals surface area contributed by atoms with Gasteiger partial charge in [0.25, 0.3) is 0 Å². The average Bonchev–Trinajstić information content (AvgIpc) is 2.76. The molecule has 0 aromatic heterocycles. The predicted molar refractivity (Wildman–Crippen MR) is 124 cm³/mol. The van der Waals surface area contributed by atoms with Gasteiger partial charge in [0, 0.05) is 13.6 Å². The molecule has 12 heteroatoms. The first-order valence-electron chi connectivity index (χ1n) is 10.2. The molecule has 0 aliphatic heterocycles. The zero-order valence-corrected chi connectivity index (χ0v) is 20.3. The Morgan fingerprint density at radius 2 is 1.74 bits per heavy atom. The predicted octanol–water partition coefficient (Wildman–Crippen LogP) is 3.68. The van der Waals surface area contributed by atoms with E-state index in [1.807, 2.05) is 0 Å². The Hall–Kier alpha value is -2.79. The molecule has 2 aromatic rings. The molecule has 1 N–H and O–H groups in total. The molecule has 0 heterocycles. The molecule has 0 saturated carbocycles. The highest BCUT2D eigenvalue weighted by atomic mass is 35.5. The minimum Gasteiger partial charge on any atom is -0.357 e. The Morgan fingerprint density at radius 1 is 1.12 bits per heavy atom. The summed E-state index contributed by atoms with van der Waals surface area (Å²) in [5, 5.41) is 2.20. The second-order valence-electron chi connectivity index (χ2n) is 7.48. The Labute approximate surface area is 201 Å². The van der Waals surface area contributed by atoms with Crippen molar-refractivity contribution in [3.8, 4) is 0 Å². The smallest absolute Gasteiger partial charge is 0.357 e. The summed E-state index contributed by atoms with van der Waals surface area (Å²) in [6, 6.07) is 9.99. The number of halogens is 4. The van der Waals surface area contributed by atoms with Crippen molar-refractivity contribution in [2.75, 3.05) is 24.2 Å². The largest absolute Gasteiger partial charge is 0.416 e. The van der Waals surface area contributed by atoms with Crippen LogP contribution in [-0.4, -0.2) is 51.0 Å². The van der Waals surface area contributed by atoms with Crippen molar-refractivity contribution in [3.05, 3.63) is 64.7 Å². The summed E-state index contributed by atoms with van der Waals surface area (Å²) in [6.07, 6.45) is -3.77. The van der Waals surface area contributed by atoms with E-state index in [0.717, 1.165) is 12.3 Å². The molecule has 2 rings (SSSR count). The van der Waals surface area contributed by atoms with Crippen LogP contribution in [0.1, 0.15) is 24.5 Å². The maximum Gasteiger partial charge on any atom is 0.416 e. The highest BCUT2D eigenvalue weighted by Crippen LogP contribution is 2.36. The standard InChI is InChI=1S/C22H25ClF3N3O4S/c1-4-18(21(31)27-2)28(13-15-8-6-5-7-9-15)20(30)14-29(34(3,32)33)19-12-16(22(24,25)26)10-11-17(19)23/h5-12,18H,4,13-14H2,1-3H3,(H,27,31)/t18-/m1/s1. The third kappa shape index (κ3) is 6.86. The second kappa shape index (κ2) is 11.1. The fraction of sp³-hybridized carbons (Fsp3) is 0.364. The van der Waals surface area contributed by atoms with E-state index in [1.165, 1.54) is 11.9 Å². The van der Waals surface area contributed by atoms with E-state index in [1.54, 1.807) is 37.3 Å². The number of hydrogen-bond acceptors (Lipinski definition) is 4. The Balaban J connectivity index is 2.52. The van der Waals surface area contributed by atoms with Crippen LogP contribution in [0.25, 0.3) is 0 Å². The van der Waals surface area contributed by atoms with E-state index in [-0.39, 0.29) is 18.0 Å². The molecule has 0 saturated heterocycles. The number of nitrogens with one attached hydrogen (secondary N) is 1. The van der Waals surface area contributed by atoms with Gasteiger partial charge in [-0.3, -0.25) is 13.9 Å². The van der Waals surface area contributed by atoms with E-state index in [0.29, 0.717) is 22.0 Å². The van der Waals surface area contributed by atoms with Gasteiger partial charge < -0.3 is 10.2 Å². The average molecular weight is 520 g/mol. The Morgan fingerprint density at radius 3 is 2.24 bits per heavy atom. The fourth-order valence-corrected chi connectivity index (χ4v) is 4.46. The molecule has 34 heavy (non-hydrogen) atoms. The number of likely N-dealkylation sites (N-methyl/N-ethyl adjacent to an activating group) is 1. The molecule has 1 atom stereocenters. The van der Waals surface area contributed by atoms with Crippen LogP contribution in [0.2, 0.25) is 5.02 Å². The first-order chi connectivity index (χ1) is 15.8. The molecule has 0 aliphatic carbocycles. The summed E-state index contributed by atoms with van der Waals surface area (Å²) >= 11 is 6.04. The van der Waals surface area contributed by atoms with E-state index < -0.39 is 51.9 Å². The maximum absolute atomic E-state index is 13.4. The molecule has 0 radical (unpaired) electrons. The van der Waals surface area contributed by atoms with Crippen LogP contribution in [-0.2, 0) is 32.3 Å². The molecule has 0 aliphatic rings. The highest BCUT2D eigenvalue weighted by molar-refractivity contribution is 7.92. The van der Waals surface area contributed by atoms with E-state index >= 15 is 0 Å². The van der Waals surface area contributed by atoms with Gasteiger partial charge in [-0.2, -0.15) is 13.2 Å².